The highest BCUT2D eigenvalue weighted by Gasteiger charge is 2.49. The van der Waals surface area contributed by atoms with Gasteiger partial charge in [0.2, 0.25) is 21.3 Å². The van der Waals surface area contributed by atoms with Gasteiger partial charge in [-0.05, 0) is 6.07 Å². The summed E-state index contributed by atoms with van der Waals surface area (Å²) in [7, 11) is -3.60. The number of benzene rings is 1. The Hall–Kier alpha value is -0.880. The maximum atomic E-state index is 13.0. The zero-order valence-corrected chi connectivity index (χ0v) is 15.8. The fourth-order valence-electron chi connectivity index (χ4n) is 3.58. The lowest BCUT2D eigenvalue weighted by Gasteiger charge is -2.41. The number of hydrogen-bond donors (Lipinski definition) is 1. The molecule has 0 bridgehead atoms. The van der Waals surface area contributed by atoms with Crippen molar-refractivity contribution in [2.75, 3.05) is 26.2 Å². The summed E-state index contributed by atoms with van der Waals surface area (Å²) in [5, 5.41) is 2.42. The number of rotatable bonds is 3. The number of thiophene rings is 1. The first-order valence-corrected chi connectivity index (χ1v) is 11.3. The van der Waals surface area contributed by atoms with Crippen molar-refractivity contribution in [1.82, 2.24) is 8.61 Å². The maximum absolute atomic E-state index is 13.0. The standard InChI is InChI=1S/C15H18N2O5S3/c18-24(19)17-9-10-22-15(17)5-7-16(8-6-15)25(20,21)14-11-23-13-4-2-1-3-12(13)14/h1-4,11H,5-10H2,(H,18,19). The highest BCUT2D eigenvalue weighted by atomic mass is 32.2. The quantitative estimate of drug-likeness (QED) is 0.792. The van der Waals surface area contributed by atoms with E-state index in [9.17, 15) is 17.2 Å². The van der Waals surface area contributed by atoms with E-state index in [4.69, 9.17) is 4.74 Å². The second kappa shape index (κ2) is 6.38. The Balaban J connectivity index is 1.59. The molecule has 0 aliphatic carbocycles. The van der Waals surface area contributed by atoms with Crippen LogP contribution in [0.1, 0.15) is 12.8 Å². The third-order valence-corrected chi connectivity index (χ3v) is 8.82. The summed E-state index contributed by atoms with van der Waals surface area (Å²) in [5.41, 5.74) is -0.831. The van der Waals surface area contributed by atoms with Crippen LogP contribution in [0.3, 0.4) is 0 Å². The number of hydrogen-bond acceptors (Lipinski definition) is 5. The summed E-state index contributed by atoms with van der Waals surface area (Å²) in [6.07, 6.45) is 0.751. The monoisotopic (exact) mass is 402 g/mol. The molecule has 136 valence electrons. The minimum Gasteiger partial charge on any atom is -0.358 e. The average molecular weight is 403 g/mol. The van der Waals surface area contributed by atoms with Gasteiger partial charge in [0.25, 0.3) is 0 Å². The van der Waals surface area contributed by atoms with E-state index in [1.807, 2.05) is 24.3 Å². The second-order valence-corrected chi connectivity index (χ2v) is 9.85. The minimum absolute atomic E-state index is 0.264. The molecule has 0 saturated carbocycles. The van der Waals surface area contributed by atoms with Crippen LogP contribution in [0.25, 0.3) is 10.1 Å². The highest BCUT2D eigenvalue weighted by Crippen LogP contribution is 2.38. The molecule has 0 radical (unpaired) electrons. The molecule has 1 aromatic heterocycles. The molecule has 4 rings (SSSR count). The van der Waals surface area contributed by atoms with E-state index >= 15 is 0 Å². The molecule has 3 heterocycles. The summed E-state index contributed by atoms with van der Waals surface area (Å²) in [6, 6.07) is 7.45. The van der Waals surface area contributed by atoms with Gasteiger partial charge in [-0.2, -0.15) is 8.61 Å². The Labute approximate surface area is 152 Å². The summed E-state index contributed by atoms with van der Waals surface area (Å²) in [4.78, 5) is 0.332. The van der Waals surface area contributed by atoms with Crippen molar-refractivity contribution in [3.8, 4) is 0 Å². The molecule has 25 heavy (non-hydrogen) atoms. The molecule has 2 aromatic rings. The van der Waals surface area contributed by atoms with Gasteiger partial charge in [0.1, 0.15) is 10.6 Å². The van der Waals surface area contributed by atoms with Crippen LogP contribution in [0, 0.1) is 0 Å². The van der Waals surface area contributed by atoms with Gasteiger partial charge in [0, 0.05) is 47.9 Å². The summed E-state index contributed by atoms with van der Waals surface area (Å²) in [6.45, 7) is 1.29. The van der Waals surface area contributed by atoms with E-state index in [-0.39, 0.29) is 13.1 Å². The van der Waals surface area contributed by atoms with E-state index in [0.29, 0.717) is 30.9 Å². The Morgan fingerprint density at radius 3 is 2.64 bits per heavy atom. The Kier molecular flexibility index (Phi) is 4.47. The van der Waals surface area contributed by atoms with Crippen LogP contribution in [0.15, 0.2) is 34.5 Å². The molecule has 1 atom stereocenters. The SMILES string of the molecule is O=S(O)N1CCOC12CCN(S(=O)(=O)c1csc3ccccc13)CC2. The van der Waals surface area contributed by atoms with Crippen LogP contribution < -0.4 is 0 Å². The van der Waals surface area contributed by atoms with Gasteiger partial charge in [-0.15, -0.1) is 11.3 Å². The lowest BCUT2D eigenvalue weighted by molar-refractivity contribution is -0.0809. The minimum atomic E-state index is -3.60. The second-order valence-electron chi connectivity index (χ2n) is 6.13. The third kappa shape index (κ3) is 2.85. The van der Waals surface area contributed by atoms with Crippen LogP contribution in [-0.4, -0.2) is 57.8 Å². The lowest BCUT2D eigenvalue weighted by atomic mass is 10.0. The van der Waals surface area contributed by atoms with Crippen molar-refractivity contribution in [2.45, 2.75) is 23.5 Å². The molecule has 1 spiro atoms. The van der Waals surface area contributed by atoms with E-state index in [1.165, 1.54) is 19.9 Å². The molecule has 0 amide bonds. The average Bonchev–Trinajstić information content (AvgIpc) is 3.20. The first kappa shape index (κ1) is 17.5. The lowest BCUT2D eigenvalue weighted by Crippen LogP contribution is -2.54. The Bertz CT molecular complexity index is 918. The maximum Gasteiger partial charge on any atom is 0.244 e. The fourth-order valence-corrected chi connectivity index (χ4v) is 7.24. The third-order valence-electron chi connectivity index (χ3n) is 4.88. The number of fused-ring (bicyclic) bond motifs is 1. The number of piperidine rings is 1. The first-order valence-electron chi connectivity index (χ1n) is 7.93. The topological polar surface area (TPSA) is 87.2 Å². The van der Waals surface area contributed by atoms with Gasteiger partial charge in [-0.1, -0.05) is 18.2 Å². The molecule has 7 nitrogen and oxygen atoms in total. The Morgan fingerprint density at radius 2 is 1.92 bits per heavy atom. The van der Waals surface area contributed by atoms with Crippen molar-refractivity contribution < 1.29 is 21.9 Å². The molecule has 2 aliphatic rings. The molecule has 2 saturated heterocycles. The van der Waals surface area contributed by atoms with Crippen molar-refractivity contribution in [3.63, 3.8) is 0 Å². The number of nitrogens with zero attached hydrogens (tertiary/aromatic N) is 2. The molecule has 2 aliphatic heterocycles. The molecular weight excluding hydrogens is 384 g/mol. The number of ether oxygens (including phenoxy) is 1. The normalized spacial score (nSPS) is 23.4. The summed E-state index contributed by atoms with van der Waals surface area (Å²) in [5.74, 6) is 0. The van der Waals surface area contributed by atoms with E-state index in [2.05, 4.69) is 0 Å². The van der Waals surface area contributed by atoms with Crippen LogP contribution in [0.4, 0.5) is 0 Å². The van der Waals surface area contributed by atoms with Crippen LogP contribution in [0.5, 0.6) is 0 Å². The predicted molar refractivity (Wildman–Crippen MR) is 96.0 cm³/mol. The van der Waals surface area contributed by atoms with E-state index in [1.54, 1.807) is 5.38 Å². The summed E-state index contributed by atoms with van der Waals surface area (Å²) >= 11 is -0.700. The molecule has 1 N–H and O–H groups in total. The molecular formula is C15H18N2O5S3. The van der Waals surface area contributed by atoms with Crippen LogP contribution in [-0.2, 0) is 26.0 Å². The van der Waals surface area contributed by atoms with Gasteiger partial charge < -0.3 is 4.74 Å². The van der Waals surface area contributed by atoms with Crippen molar-refractivity contribution >= 4 is 42.7 Å². The highest BCUT2D eigenvalue weighted by molar-refractivity contribution is 7.89. The van der Waals surface area contributed by atoms with E-state index in [0.717, 1.165) is 10.1 Å². The van der Waals surface area contributed by atoms with Crippen molar-refractivity contribution in [2.24, 2.45) is 0 Å². The van der Waals surface area contributed by atoms with Gasteiger partial charge >= 0.3 is 0 Å². The fraction of sp³-hybridized carbons (Fsp3) is 0.467. The number of sulfonamides is 1. The van der Waals surface area contributed by atoms with Gasteiger partial charge in [0.15, 0.2) is 0 Å². The van der Waals surface area contributed by atoms with Gasteiger partial charge in [-0.25, -0.2) is 12.6 Å². The van der Waals surface area contributed by atoms with Crippen LogP contribution >= 0.6 is 11.3 Å². The first-order chi connectivity index (χ1) is 11.9. The molecule has 2 fully saturated rings. The smallest absolute Gasteiger partial charge is 0.244 e. The summed E-state index contributed by atoms with van der Waals surface area (Å²) < 4.78 is 56.6. The van der Waals surface area contributed by atoms with E-state index < -0.39 is 27.0 Å². The zero-order chi connectivity index (χ0) is 17.7. The largest absolute Gasteiger partial charge is 0.358 e. The van der Waals surface area contributed by atoms with Crippen molar-refractivity contribution in [3.05, 3.63) is 29.6 Å². The van der Waals surface area contributed by atoms with Crippen LogP contribution in [0.2, 0.25) is 0 Å². The molecule has 10 heteroatoms. The molecule has 1 unspecified atom stereocenters. The predicted octanol–water partition coefficient (Wildman–Crippen LogP) is 1.85. The molecule has 1 aromatic carbocycles. The Morgan fingerprint density at radius 1 is 1.20 bits per heavy atom. The zero-order valence-electron chi connectivity index (χ0n) is 13.3. The van der Waals surface area contributed by atoms with Gasteiger partial charge in [0.05, 0.1) is 6.61 Å². The van der Waals surface area contributed by atoms with Gasteiger partial charge in [-0.3, -0.25) is 4.55 Å². The van der Waals surface area contributed by atoms with Crippen molar-refractivity contribution in [1.29, 1.82) is 0 Å².